The number of aryl methyl sites for hydroxylation is 1. The molecule has 1 aliphatic rings. The van der Waals surface area contributed by atoms with Crippen molar-refractivity contribution in [3.8, 4) is 10.6 Å². The second-order valence-electron chi connectivity index (χ2n) is 6.99. The Labute approximate surface area is 183 Å². The molecule has 1 aliphatic heterocycles. The Balaban J connectivity index is 1.55. The van der Waals surface area contributed by atoms with E-state index < -0.39 is 16.0 Å². The lowest BCUT2D eigenvalue weighted by Gasteiger charge is -2.30. The zero-order chi connectivity index (χ0) is 21.5. The number of halogens is 2. The summed E-state index contributed by atoms with van der Waals surface area (Å²) in [5, 5.41) is 3.14. The molecule has 0 bridgehead atoms. The van der Waals surface area contributed by atoms with E-state index in [1.54, 1.807) is 12.4 Å². The Morgan fingerprint density at radius 3 is 2.73 bits per heavy atom. The summed E-state index contributed by atoms with van der Waals surface area (Å²) in [7, 11) is -0.396. The lowest BCUT2D eigenvalue weighted by molar-refractivity contribution is 0.381. The van der Waals surface area contributed by atoms with Gasteiger partial charge >= 0.3 is 10.2 Å². The zero-order valence-electron chi connectivity index (χ0n) is 16.2. The molecule has 0 spiro atoms. The number of imidazole rings is 1. The third-order valence-electron chi connectivity index (χ3n) is 4.84. The number of benzene rings is 1. The molecule has 7 nitrogen and oxygen atoms in total. The van der Waals surface area contributed by atoms with Crippen molar-refractivity contribution in [3.63, 3.8) is 0 Å². The van der Waals surface area contributed by atoms with Gasteiger partial charge in [-0.05, 0) is 30.3 Å². The summed E-state index contributed by atoms with van der Waals surface area (Å²) >= 11 is 7.28. The van der Waals surface area contributed by atoms with Crippen LogP contribution in [0.3, 0.4) is 0 Å². The molecule has 1 N–H and O–H groups in total. The summed E-state index contributed by atoms with van der Waals surface area (Å²) in [4.78, 5) is 6.07. The van der Waals surface area contributed by atoms with Crippen LogP contribution in [-0.2, 0) is 17.3 Å². The average Bonchev–Trinajstić information content (AvgIpc) is 3.34. The smallest absolute Gasteiger partial charge is 0.322 e. The van der Waals surface area contributed by atoms with E-state index in [0.717, 1.165) is 15.4 Å². The number of likely N-dealkylation sites (N-methyl/N-ethyl adjacent to an activating group) is 1. The van der Waals surface area contributed by atoms with E-state index in [-0.39, 0.29) is 11.1 Å². The van der Waals surface area contributed by atoms with Gasteiger partial charge in [-0.3, -0.25) is 0 Å². The Morgan fingerprint density at radius 1 is 1.27 bits per heavy atom. The summed E-state index contributed by atoms with van der Waals surface area (Å²) in [5.41, 5.74) is 1.96. The molecule has 0 saturated carbocycles. The predicted octanol–water partition coefficient (Wildman–Crippen LogP) is 3.79. The van der Waals surface area contributed by atoms with Gasteiger partial charge < -0.3 is 9.88 Å². The van der Waals surface area contributed by atoms with Crippen LogP contribution in [0.5, 0.6) is 0 Å². The van der Waals surface area contributed by atoms with Crippen LogP contribution >= 0.6 is 22.9 Å². The first-order valence-corrected chi connectivity index (χ1v) is 11.7. The van der Waals surface area contributed by atoms with E-state index in [0.29, 0.717) is 24.4 Å². The third kappa shape index (κ3) is 4.27. The van der Waals surface area contributed by atoms with Crippen LogP contribution in [0.25, 0.3) is 10.6 Å². The summed E-state index contributed by atoms with van der Waals surface area (Å²) in [5.74, 6) is -0.504. The first-order valence-electron chi connectivity index (χ1n) is 9.07. The van der Waals surface area contributed by atoms with Gasteiger partial charge in [0.2, 0.25) is 0 Å². The fraction of sp³-hybridized carbons (Fsp3) is 0.263. The van der Waals surface area contributed by atoms with E-state index in [4.69, 9.17) is 11.6 Å². The van der Waals surface area contributed by atoms with E-state index in [1.165, 1.54) is 34.8 Å². The molecule has 158 valence electrons. The highest BCUT2D eigenvalue weighted by Gasteiger charge is 2.33. The van der Waals surface area contributed by atoms with Gasteiger partial charge in [0.05, 0.1) is 32.5 Å². The first kappa shape index (κ1) is 21.0. The van der Waals surface area contributed by atoms with Crippen LogP contribution < -0.4 is 5.32 Å². The minimum Gasteiger partial charge on any atom is -0.383 e. The van der Waals surface area contributed by atoms with Crippen LogP contribution in [-0.4, -0.2) is 47.6 Å². The molecule has 30 heavy (non-hydrogen) atoms. The maximum atomic E-state index is 13.4. The van der Waals surface area contributed by atoms with Crippen molar-refractivity contribution < 1.29 is 12.8 Å². The number of aromatic nitrogens is 2. The standard InChI is InChI=1S/C19H19ClFN5O2S2/c1-25-10-17(23-11-25)19-6-5-18(29-19)16-8-13(26(2)30(27,28)24-16)9-22-12-3-4-15(21)14(20)7-12/h3-7,10-11,13,22H,8-9H2,1-2H3. The average molecular weight is 468 g/mol. The van der Waals surface area contributed by atoms with Gasteiger partial charge in [0.25, 0.3) is 0 Å². The minimum atomic E-state index is -3.80. The van der Waals surface area contributed by atoms with Gasteiger partial charge in [0.1, 0.15) is 5.82 Å². The predicted molar refractivity (Wildman–Crippen MR) is 118 cm³/mol. The molecule has 1 aromatic carbocycles. The second kappa shape index (κ2) is 8.10. The Hall–Kier alpha value is -2.27. The molecule has 3 aromatic rings. The number of nitrogens with zero attached hydrogens (tertiary/aromatic N) is 4. The summed E-state index contributed by atoms with van der Waals surface area (Å²) in [6.45, 7) is 0.329. The van der Waals surface area contributed by atoms with E-state index in [1.807, 2.05) is 29.9 Å². The van der Waals surface area contributed by atoms with Crippen LogP contribution in [0, 0.1) is 5.82 Å². The fourth-order valence-electron chi connectivity index (χ4n) is 3.14. The van der Waals surface area contributed by atoms with Crippen LogP contribution in [0.4, 0.5) is 10.1 Å². The van der Waals surface area contributed by atoms with Gasteiger partial charge in [-0.15, -0.1) is 11.3 Å². The number of hydrogen-bond donors (Lipinski definition) is 1. The van der Waals surface area contributed by atoms with E-state index >= 15 is 0 Å². The number of thiophene rings is 1. The van der Waals surface area contributed by atoms with Crippen molar-refractivity contribution in [1.82, 2.24) is 13.9 Å². The fourth-order valence-corrected chi connectivity index (χ4v) is 5.45. The summed E-state index contributed by atoms with van der Waals surface area (Å²) in [6, 6.07) is 7.74. The van der Waals surface area contributed by atoms with Crippen molar-refractivity contribution in [2.75, 3.05) is 18.9 Å². The highest BCUT2D eigenvalue weighted by Crippen LogP contribution is 2.31. The number of rotatable bonds is 5. The quantitative estimate of drug-likeness (QED) is 0.619. The monoisotopic (exact) mass is 467 g/mol. The number of anilines is 1. The highest BCUT2D eigenvalue weighted by molar-refractivity contribution is 7.88. The van der Waals surface area contributed by atoms with E-state index in [9.17, 15) is 12.8 Å². The van der Waals surface area contributed by atoms with Gasteiger partial charge in [0.15, 0.2) is 0 Å². The van der Waals surface area contributed by atoms with Crippen molar-refractivity contribution in [2.45, 2.75) is 12.5 Å². The number of hydrogen-bond acceptors (Lipinski definition) is 5. The molecule has 1 unspecified atom stereocenters. The van der Waals surface area contributed by atoms with Gasteiger partial charge in [-0.25, -0.2) is 9.37 Å². The second-order valence-corrected chi connectivity index (χ2v) is 10.1. The molecular formula is C19H19ClFN5O2S2. The largest absolute Gasteiger partial charge is 0.383 e. The Bertz CT molecular complexity index is 1220. The third-order valence-corrected chi connectivity index (χ3v) is 7.77. The van der Waals surface area contributed by atoms with Gasteiger partial charge in [-0.2, -0.15) is 17.1 Å². The molecule has 2 aromatic heterocycles. The van der Waals surface area contributed by atoms with Crippen LogP contribution in [0.15, 0.2) is 47.3 Å². The lowest BCUT2D eigenvalue weighted by Crippen LogP contribution is -2.45. The first-order chi connectivity index (χ1) is 14.2. The molecular weight excluding hydrogens is 449 g/mol. The lowest BCUT2D eigenvalue weighted by atomic mass is 10.1. The van der Waals surface area contributed by atoms with Crippen molar-refractivity contribution >= 4 is 44.5 Å². The zero-order valence-corrected chi connectivity index (χ0v) is 18.6. The maximum absolute atomic E-state index is 13.4. The molecule has 0 radical (unpaired) electrons. The number of nitrogens with one attached hydrogen (secondary N) is 1. The minimum absolute atomic E-state index is 0.00695. The molecule has 4 rings (SSSR count). The molecule has 0 saturated heterocycles. The normalized spacial score (nSPS) is 18.9. The van der Waals surface area contributed by atoms with E-state index in [2.05, 4.69) is 14.7 Å². The Morgan fingerprint density at radius 2 is 2.03 bits per heavy atom. The van der Waals surface area contributed by atoms with Crippen LogP contribution in [0.1, 0.15) is 11.3 Å². The molecule has 1 atom stereocenters. The van der Waals surface area contributed by atoms with Crippen LogP contribution in [0.2, 0.25) is 5.02 Å². The Kier molecular flexibility index (Phi) is 5.67. The molecule has 11 heteroatoms. The van der Waals surface area contributed by atoms with Crippen molar-refractivity contribution in [3.05, 3.63) is 58.6 Å². The highest BCUT2D eigenvalue weighted by atomic mass is 35.5. The van der Waals surface area contributed by atoms with Crippen molar-refractivity contribution in [1.29, 1.82) is 0 Å². The summed E-state index contributed by atoms with van der Waals surface area (Å²) < 4.78 is 45.7. The SMILES string of the molecule is CN1C(CNc2ccc(F)c(Cl)c2)CC(c2ccc(-c3cn(C)cn3)s2)=NS1(=O)=O. The molecule has 3 heterocycles. The molecule has 0 amide bonds. The topological polar surface area (TPSA) is 79.6 Å². The van der Waals surface area contributed by atoms with Gasteiger partial charge in [0, 0.05) is 45.0 Å². The van der Waals surface area contributed by atoms with Crippen molar-refractivity contribution in [2.24, 2.45) is 11.4 Å². The molecule has 0 fully saturated rings. The molecule has 0 aliphatic carbocycles. The van der Waals surface area contributed by atoms with Gasteiger partial charge in [-0.1, -0.05) is 11.6 Å². The maximum Gasteiger partial charge on any atom is 0.322 e. The summed E-state index contributed by atoms with van der Waals surface area (Å²) in [6.07, 6.45) is 4.07.